The number of nitro groups is 1. The molecule has 9 heteroatoms. The average Bonchev–Trinajstić information content (AvgIpc) is 3.03. The molecule has 1 amide bonds. The summed E-state index contributed by atoms with van der Waals surface area (Å²) in [4.78, 5) is 27.9. The molecular weight excluding hydrogens is 394 g/mol. The van der Waals surface area contributed by atoms with Gasteiger partial charge < -0.3 is 14.0 Å². The van der Waals surface area contributed by atoms with E-state index in [4.69, 9.17) is 15.9 Å². The number of aromatic nitrogens is 1. The Morgan fingerprint density at radius 3 is 2.59 bits per heavy atom. The largest absolute Gasteiger partial charge is 0.493 e. The van der Waals surface area contributed by atoms with Gasteiger partial charge in [-0.25, -0.2) is 0 Å². The lowest BCUT2D eigenvalue weighted by Crippen LogP contribution is -2.16. The summed E-state index contributed by atoms with van der Waals surface area (Å²) in [6.07, 6.45) is 5.49. The van der Waals surface area contributed by atoms with Crippen molar-refractivity contribution in [3.63, 3.8) is 0 Å². The summed E-state index contributed by atoms with van der Waals surface area (Å²) in [5.41, 5.74) is 1.21. The Morgan fingerprint density at radius 1 is 1.28 bits per heavy atom. The second kappa shape index (κ2) is 8.16. The van der Waals surface area contributed by atoms with E-state index in [0.717, 1.165) is 10.2 Å². The minimum atomic E-state index is -0.593. The Bertz CT molecular complexity index is 1230. The summed E-state index contributed by atoms with van der Waals surface area (Å²) < 4.78 is 13.2. The van der Waals surface area contributed by atoms with Gasteiger partial charge in [-0.05, 0) is 13.0 Å². The Morgan fingerprint density at radius 2 is 1.97 bits per heavy atom. The second-order valence-corrected chi connectivity index (χ2v) is 7.03. The first kappa shape index (κ1) is 20.1. The van der Waals surface area contributed by atoms with E-state index in [9.17, 15) is 14.9 Å². The van der Waals surface area contributed by atoms with Crippen LogP contribution in [-0.2, 0) is 6.54 Å². The number of carbonyl (C=O) groups is 1. The van der Waals surface area contributed by atoms with Crippen molar-refractivity contribution >= 4 is 33.1 Å². The maximum absolute atomic E-state index is 12.7. The fraction of sp³-hybridized carbons (Fsp3) is 0.200. The summed E-state index contributed by atoms with van der Waals surface area (Å²) >= 11 is 1.26. The zero-order valence-corrected chi connectivity index (χ0v) is 16.8. The van der Waals surface area contributed by atoms with Crippen molar-refractivity contribution in [3.8, 4) is 23.8 Å². The number of methoxy groups -OCH3 is 2. The van der Waals surface area contributed by atoms with Gasteiger partial charge in [-0.1, -0.05) is 23.3 Å². The number of fused-ring (bicyclic) bond motifs is 1. The number of rotatable bonds is 5. The van der Waals surface area contributed by atoms with E-state index in [2.05, 4.69) is 10.9 Å². The van der Waals surface area contributed by atoms with Crippen LogP contribution in [0.2, 0.25) is 0 Å². The normalized spacial score (nSPS) is 11.3. The highest BCUT2D eigenvalue weighted by molar-refractivity contribution is 7.16. The number of ether oxygens (including phenoxy) is 2. The molecule has 0 N–H and O–H groups in total. The zero-order chi connectivity index (χ0) is 21.1. The zero-order valence-electron chi connectivity index (χ0n) is 16.0. The van der Waals surface area contributed by atoms with Crippen LogP contribution < -0.4 is 14.3 Å². The maximum atomic E-state index is 12.7. The van der Waals surface area contributed by atoms with Crippen molar-refractivity contribution in [2.24, 2.45) is 4.99 Å². The summed E-state index contributed by atoms with van der Waals surface area (Å²) in [6.45, 7) is 1.80. The first-order valence-corrected chi connectivity index (χ1v) is 9.24. The standard InChI is InChI=1S/C20H17N3O5S/c1-5-8-22-15-10-16(27-3)17(28-4)11-18(15)29-20(22)21-19(24)13-7-6-12(2)14(9-13)23(25)26/h1,6-7,9-11H,8H2,2-4H3. The lowest BCUT2D eigenvalue weighted by Gasteiger charge is -2.08. The average molecular weight is 411 g/mol. The number of nitrogens with zero attached hydrogens (tertiary/aromatic N) is 3. The molecule has 148 valence electrons. The maximum Gasteiger partial charge on any atom is 0.279 e. The van der Waals surface area contributed by atoms with E-state index in [1.165, 1.54) is 43.8 Å². The molecule has 0 aliphatic carbocycles. The van der Waals surface area contributed by atoms with Crippen LogP contribution in [0.1, 0.15) is 15.9 Å². The van der Waals surface area contributed by atoms with E-state index in [-0.39, 0.29) is 17.8 Å². The number of thiazole rings is 1. The lowest BCUT2D eigenvalue weighted by atomic mass is 10.1. The molecule has 0 atom stereocenters. The van der Waals surface area contributed by atoms with Crippen LogP contribution in [0.4, 0.5) is 5.69 Å². The molecule has 1 aromatic heterocycles. The van der Waals surface area contributed by atoms with Crippen LogP contribution in [0.5, 0.6) is 11.5 Å². The molecule has 8 nitrogen and oxygen atoms in total. The molecule has 0 aliphatic rings. The van der Waals surface area contributed by atoms with Crippen molar-refractivity contribution in [1.82, 2.24) is 4.57 Å². The van der Waals surface area contributed by atoms with Crippen LogP contribution in [-0.4, -0.2) is 29.6 Å². The number of carbonyl (C=O) groups excluding carboxylic acids is 1. The van der Waals surface area contributed by atoms with Gasteiger partial charge >= 0.3 is 0 Å². The van der Waals surface area contributed by atoms with E-state index in [1.807, 2.05) is 0 Å². The third-order valence-corrected chi connectivity index (χ3v) is 5.33. The SMILES string of the molecule is C#CCn1c(=NC(=O)c2ccc(C)c([N+](=O)[O-])c2)sc2cc(OC)c(OC)cc21. The molecule has 0 aliphatic heterocycles. The van der Waals surface area contributed by atoms with Crippen LogP contribution in [0.15, 0.2) is 35.3 Å². The van der Waals surface area contributed by atoms with E-state index >= 15 is 0 Å². The summed E-state index contributed by atoms with van der Waals surface area (Å²) in [5.74, 6) is 3.02. The van der Waals surface area contributed by atoms with Gasteiger partial charge in [-0.15, -0.1) is 6.42 Å². The van der Waals surface area contributed by atoms with Crippen molar-refractivity contribution in [1.29, 1.82) is 0 Å². The van der Waals surface area contributed by atoms with Crippen molar-refractivity contribution < 1.29 is 19.2 Å². The second-order valence-electron chi connectivity index (χ2n) is 6.03. The highest BCUT2D eigenvalue weighted by Crippen LogP contribution is 2.33. The van der Waals surface area contributed by atoms with Gasteiger partial charge in [0, 0.05) is 29.3 Å². The summed E-state index contributed by atoms with van der Waals surface area (Å²) in [7, 11) is 3.06. The highest BCUT2D eigenvalue weighted by atomic mass is 32.1. The fourth-order valence-corrected chi connectivity index (χ4v) is 3.85. The van der Waals surface area contributed by atoms with Gasteiger partial charge in [0.2, 0.25) is 0 Å². The first-order valence-electron chi connectivity index (χ1n) is 8.42. The smallest absolute Gasteiger partial charge is 0.279 e. The first-order chi connectivity index (χ1) is 13.9. The van der Waals surface area contributed by atoms with Gasteiger partial charge in [0.1, 0.15) is 0 Å². The molecule has 1 heterocycles. The van der Waals surface area contributed by atoms with Crippen molar-refractivity contribution in [2.45, 2.75) is 13.5 Å². The monoisotopic (exact) mass is 411 g/mol. The topological polar surface area (TPSA) is 96.0 Å². The van der Waals surface area contributed by atoms with Gasteiger partial charge in [-0.2, -0.15) is 4.99 Å². The molecule has 0 saturated carbocycles. The van der Waals surface area contributed by atoms with E-state index in [0.29, 0.717) is 21.9 Å². The minimum absolute atomic E-state index is 0.127. The predicted octanol–water partition coefficient (Wildman–Crippen LogP) is 3.31. The van der Waals surface area contributed by atoms with E-state index < -0.39 is 10.8 Å². The Balaban J connectivity index is 2.18. The predicted molar refractivity (Wildman–Crippen MR) is 109 cm³/mol. The summed E-state index contributed by atoms with van der Waals surface area (Å²) in [6, 6.07) is 7.82. The van der Waals surface area contributed by atoms with Crippen molar-refractivity contribution in [2.75, 3.05) is 14.2 Å². The number of terminal acetylenes is 1. The fourth-order valence-electron chi connectivity index (χ4n) is 2.82. The number of hydrogen-bond donors (Lipinski definition) is 0. The van der Waals surface area contributed by atoms with E-state index in [1.54, 1.807) is 23.6 Å². The van der Waals surface area contributed by atoms with Gasteiger partial charge in [0.25, 0.3) is 11.6 Å². The molecule has 3 rings (SSSR count). The third kappa shape index (κ3) is 3.83. The highest BCUT2D eigenvalue weighted by Gasteiger charge is 2.16. The molecule has 0 radical (unpaired) electrons. The molecule has 29 heavy (non-hydrogen) atoms. The summed E-state index contributed by atoms with van der Waals surface area (Å²) in [5, 5.41) is 11.1. The van der Waals surface area contributed by atoms with Crippen LogP contribution in [0.3, 0.4) is 0 Å². The lowest BCUT2D eigenvalue weighted by molar-refractivity contribution is -0.385. The Hall–Kier alpha value is -3.64. The molecule has 0 bridgehead atoms. The minimum Gasteiger partial charge on any atom is -0.493 e. The third-order valence-electron chi connectivity index (χ3n) is 4.29. The molecule has 0 saturated heterocycles. The number of nitro benzene ring substituents is 1. The molecule has 0 spiro atoms. The molecule has 2 aromatic carbocycles. The van der Waals surface area contributed by atoms with Crippen molar-refractivity contribution in [3.05, 3.63) is 56.4 Å². The molecule has 0 fully saturated rings. The Labute approximate surface area is 170 Å². The number of aryl methyl sites for hydroxylation is 1. The number of benzene rings is 2. The number of amides is 1. The molecular formula is C20H17N3O5S. The van der Waals surface area contributed by atoms with Gasteiger partial charge in [0.05, 0.1) is 35.9 Å². The Kier molecular flexibility index (Phi) is 5.66. The molecule has 3 aromatic rings. The van der Waals surface area contributed by atoms with Gasteiger partial charge in [0.15, 0.2) is 16.3 Å². The van der Waals surface area contributed by atoms with Crippen LogP contribution in [0, 0.1) is 29.4 Å². The van der Waals surface area contributed by atoms with Gasteiger partial charge in [-0.3, -0.25) is 14.9 Å². The van der Waals surface area contributed by atoms with Crippen LogP contribution >= 0.6 is 11.3 Å². The molecule has 0 unspecified atom stereocenters. The van der Waals surface area contributed by atoms with Crippen LogP contribution in [0.25, 0.3) is 10.2 Å². The number of hydrogen-bond acceptors (Lipinski definition) is 6. The quantitative estimate of drug-likeness (QED) is 0.365.